The van der Waals surface area contributed by atoms with E-state index in [-0.39, 0.29) is 0 Å². The molecule has 7 nitrogen and oxygen atoms in total. The molecule has 1 N–H and O–H groups in total. The lowest BCUT2D eigenvalue weighted by Crippen LogP contribution is -2.30. The quantitative estimate of drug-likeness (QED) is 0.461. The molecule has 0 radical (unpaired) electrons. The van der Waals surface area contributed by atoms with Crippen LogP contribution in [0.3, 0.4) is 0 Å². The van der Waals surface area contributed by atoms with Gasteiger partial charge < -0.3 is 5.32 Å². The van der Waals surface area contributed by atoms with E-state index in [9.17, 15) is 14.9 Å². The number of fused-ring (bicyclic) bond motifs is 1. The predicted molar refractivity (Wildman–Crippen MR) is 127 cm³/mol. The van der Waals surface area contributed by atoms with Crippen molar-refractivity contribution in [2.45, 2.75) is 42.5 Å². The lowest BCUT2D eigenvalue weighted by Gasteiger charge is -2.24. The topological polar surface area (TPSA) is 94.7 Å². The van der Waals surface area contributed by atoms with Crippen molar-refractivity contribution in [3.05, 3.63) is 65.0 Å². The van der Waals surface area contributed by atoms with Gasteiger partial charge in [0, 0.05) is 38.4 Å². The van der Waals surface area contributed by atoms with E-state index in [1.807, 2.05) is 18.5 Å². The molecule has 170 valence electrons. The van der Waals surface area contributed by atoms with Crippen molar-refractivity contribution in [2.75, 3.05) is 13.1 Å². The molecule has 34 heavy (non-hydrogen) atoms. The van der Waals surface area contributed by atoms with Gasteiger partial charge in [-0.1, -0.05) is 11.8 Å². The number of rotatable bonds is 4. The summed E-state index contributed by atoms with van der Waals surface area (Å²) in [5.74, 6) is -0.414. The van der Waals surface area contributed by atoms with E-state index in [0.717, 1.165) is 47.6 Å². The van der Waals surface area contributed by atoms with Crippen LogP contribution in [0, 0.1) is 42.3 Å². The van der Waals surface area contributed by atoms with Crippen LogP contribution < -0.4 is 5.32 Å². The highest BCUT2D eigenvalue weighted by molar-refractivity contribution is 7.99. The molecule has 5 rings (SSSR count). The zero-order valence-electron chi connectivity index (χ0n) is 18.8. The van der Waals surface area contributed by atoms with Crippen LogP contribution in [-0.4, -0.2) is 32.5 Å². The number of nitrogens with zero attached hydrogens (tertiary/aromatic N) is 6. The van der Waals surface area contributed by atoms with Crippen LogP contribution in [0.5, 0.6) is 0 Å². The molecule has 0 spiro atoms. The van der Waals surface area contributed by atoms with Crippen LogP contribution in [0.4, 0.5) is 4.39 Å². The van der Waals surface area contributed by atoms with Gasteiger partial charge in [0.1, 0.15) is 18.0 Å². The van der Waals surface area contributed by atoms with E-state index >= 15 is 0 Å². The van der Waals surface area contributed by atoms with Crippen molar-refractivity contribution in [1.82, 2.24) is 24.7 Å². The van der Waals surface area contributed by atoms with Crippen LogP contribution in [0.25, 0.3) is 16.6 Å². The maximum absolute atomic E-state index is 14.1. The Labute approximate surface area is 200 Å². The first-order valence-electron chi connectivity index (χ1n) is 11.1. The predicted octanol–water partition coefficient (Wildman–Crippen LogP) is 4.77. The zero-order valence-corrected chi connectivity index (χ0v) is 19.7. The number of piperidine rings is 1. The van der Waals surface area contributed by atoms with E-state index in [1.165, 1.54) is 24.0 Å². The average Bonchev–Trinajstić information content (AvgIpc) is 3.45. The van der Waals surface area contributed by atoms with Crippen LogP contribution >= 0.6 is 11.8 Å². The number of aromatic nitrogens is 4. The number of benzene rings is 1. The molecular weight excluding hydrogens is 449 g/mol. The van der Waals surface area contributed by atoms with E-state index in [2.05, 4.69) is 34.2 Å². The second kappa shape index (κ2) is 8.94. The number of nitrogens with one attached hydrogen (secondary N) is 1. The third-order valence-electron chi connectivity index (χ3n) is 6.40. The molecule has 0 aliphatic carbocycles. The lowest BCUT2D eigenvalue weighted by atomic mass is 10.1. The maximum atomic E-state index is 14.1. The Morgan fingerprint density at radius 1 is 1.09 bits per heavy atom. The molecular formula is C25H22FN7S. The van der Waals surface area contributed by atoms with Gasteiger partial charge in [-0.05, 0) is 58.0 Å². The van der Waals surface area contributed by atoms with Crippen LogP contribution in [0.2, 0.25) is 0 Å². The number of pyridine rings is 1. The molecule has 1 saturated heterocycles. The SMILES string of the molecule is Cc1c(F)ccc(Sc2cc(-c3cnn(C4CCNCC4)c3C)cn3ncc(C#N)c23)c1C#N. The van der Waals surface area contributed by atoms with Crippen molar-refractivity contribution in [3.63, 3.8) is 0 Å². The Morgan fingerprint density at radius 2 is 1.88 bits per heavy atom. The number of halogens is 1. The Balaban J connectivity index is 1.63. The first-order valence-corrected chi connectivity index (χ1v) is 11.9. The second-order valence-electron chi connectivity index (χ2n) is 8.39. The molecule has 4 heterocycles. The molecule has 1 aliphatic rings. The molecule has 4 aromatic rings. The van der Waals surface area contributed by atoms with Gasteiger partial charge in [-0.2, -0.15) is 20.7 Å². The van der Waals surface area contributed by atoms with Gasteiger partial charge in [-0.15, -0.1) is 0 Å². The largest absolute Gasteiger partial charge is 0.317 e. The summed E-state index contributed by atoms with van der Waals surface area (Å²) in [4.78, 5) is 1.40. The Hall–Kier alpha value is -3.66. The average molecular weight is 472 g/mol. The fraction of sp³-hybridized carbons (Fsp3) is 0.280. The highest BCUT2D eigenvalue weighted by atomic mass is 32.2. The Morgan fingerprint density at radius 3 is 2.62 bits per heavy atom. The van der Waals surface area contributed by atoms with Crippen molar-refractivity contribution in [2.24, 2.45) is 0 Å². The third kappa shape index (κ3) is 3.73. The van der Waals surface area contributed by atoms with Gasteiger partial charge in [-0.3, -0.25) is 4.68 Å². The first kappa shape index (κ1) is 22.1. The minimum absolute atomic E-state index is 0.293. The van der Waals surface area contributed by atoms with Crippen molar-refractivity contribution in [1.29, 1.82) is 10.5 Å². The minimum Gasteiger partial charge on any atom is -0.317 e. The molecule has 0 atom stereocenters. The normalized spacial score (nSPS) is 14.3. The smallest absolute Gasteiger partial charge is 0.127 e. The summed E-state index contributed by atoms with van der Waals surface area (Å²) in [5, 5.41) is 31.8. The number of nitriles is 2. The molecule has 3 aromatic heterocycles. The molecule has 0 unspecified atom stereocenters. The van der Waals surface area contributed by atoms with Gasteiger partial charge in [0.05, 0.1) is 35.1 Å². The van der Waals surface area contributed by atoms with Crippen LogP contribution in [-0.2, 0) is 0 Å². The van der Waals surface area contributed by atoms with Gasteiger partial charge in [-0.25, -0.2) is 8.91 Å². The zero-order chi connectivity index (χ0) is 23.8. The molecule has 0 bridgehead atoms. The summed E-state index contributed by atoms with van der Waals surface area (Å²) in [6, 6.07) is 9.66. The molecule has 0 saturated carbocycles. The summed E-state index contributed by atoms with van der Waals surface area (Å²) < 4.78 is 17.9. The fourth-order valence-electron chi connectivity index (χ4n) is 4.52. The Kier molecular flexibility index (Phi) is 5.82. The van der Waals surface area contributed by atoms with Crippen molar-refractivity contribution in [3.8, 4) is 23.3 Å². The first-order chi connectivity index (χ1) is 16.5. The monoisotopic (exact) mass is 471 g/mol. The van der Waals surface area contributed by atoms with E-state index in [4.69, 9.17) is 5.10 Å². The molecule has 0 amide bonds. The van der Waals surface area contributed by atoms with Crippen LogP contribution in [0.15, 0.2) is 46.6 Å². The highest BCUT2D eigenvalue weighted by Crippen LogP contribution is 2.39. The van der Waals surface area contributed by atoms with Gasteiger partial charge in [0.25, 0.3) is 0 Å². The molecule has 1 aromatic carbocycles. The fourth-order valence-corrected chi connectivity index (χ4v) is 5.68. The molecule has 1 aliphatic heterocycles. The standard InChI is InChI=1S/C25H22FN7S/c1-15-20(11-28)23(4-3-22(15)26)34-24-9-17(14-32-25(24)18(10-27)12-30-32)21-13-31-33(16(21)2)19-5-7-29-8-6-19/h3-4,9,12-14,19,29H,5-8H2,1-2H3. The van der Waals surface area contributed by atoms with E-state index in [0.29, 0.717) is 33.1 Å². The van der Waals surface area contributed by atoms with Gasteiger partial charge >= 0.3 is 0 Å². The lowest BCUT2D eigenvalue weighted by molar-refractivity contribution is 0.338. The van der Waals surface area contributed by atoms with Crippen molar-refractivity contribution < 1.29 is 4.39 Å². The third-order valence-corrected chi connectivity index (χ3v) is 7.49. The van der Waals surface area contributed by atoms with E-state index in [1.54, 1.807) is 17.5 Å². The Bertz CT molecular complexity index is 1480. The number of hydrogen-bond acceptors (Lipinski definition) is 6. The molecule has 9 heteroatoms. The van der Waals surface area contributed by atoms with Gasteiger partial charge in [0.2, 0.25) is 0 Å². The summed E-state index contributed by atoms with van der Waals surface area (Å²) >= 11 is 1.34. The second-order valence-corrected chi connectivity index (χ2v) is 9.47. The summed E-state index contributed by atoms with van der Waals surface area (Å²) in [5.41, 5.74) is 4.68. The summed E-state index contributed by atoms with van der Waals surface area (Å²) in [6.45, 7) is 5.63. The highest BCUT2D eigenvalue weighted by Gasteiger charge is 2.21. The van der Waals surface area contributed by atoms with Crippen LogP contribution in [0.1, 0.15) is 41.3 Å². The van der Waals surface area contributed by atoms with Crippen molar-refractivity contribution >= 4 is 17.3 Å². The maximum Gasteiger partial charge on any atom is 0.127 e. The number of hydrogen-bond donors (Lipinski definition) is 1. The minimum atomic E-state index is -0.414. The summed E-state index contributed by atoms with van der Waals surface area (Å²) in [7, 11) is 0. The van der Waals surface area contributed by atoms with E-state index < -0.39 is 5.82 Å². The van der Waals surface area contributed by atoms with Gasteiger partial charge in [0.15, 0.2) is 0 Å². The summed E-state index contributed by atoms with van der Waals surface area (Å²) in [6.07, 6.45) is 7.39. The molecule has 1 fully saturated rings.